The summed E-state index contributed by atoms with van der Waals surface area (Å²) >= 11 is -3.17. The van der Waals surface area contributed by atoms with Gasteiger partial charge in [-0.25, -0.2) is 0 Å². The topological polar surface area (TPSA) is 98.5 Å². The van der Waals surface area contributed by atoms with E-state index < -0.39 is 53.0 Å². The molecule has 0 aliphatic rings. The average molecular weight is 595 g/mol. The van der Waals surface area contributed by atoms with Crippen LogP contribution in [0.3, 0.4) is 0 Å². The SMILES string of the molecule is CCC[CH2][Sn]([CH2]CCC)([CH2]CCC)[O]C(=O)CCC(=O)Nc1ccc([N+](=O)[O-])c(C(F)(F)F)c1. The van der Waals surface area contributed by atoms with Crippen molar-refractivity contribution in [3.8, 4) is 0 Å². The predicted molar refractivity (Wildman–Crippen MR) is 127 cm³/mol. The van der Waals surface area contributed by atoms with Crippen LogP contribution >= 0.6 is 0 Å². The van der Waals surface area contributed by atoms with Crippen molar-refractivity contribution in [3.05, 3.63) is 33.9 Å². The van der Waals surface area contributed by atoms with Crippen LogP contribution in [0.4, 0.5) is 24.5 Å². The van der Waals surface area contributed by atoms with Gasteiger partial charge in [0, 0.05) is 0 Å². The Balaban J connectivity index is 2.82. The summed E-state index contributed by atoms with van der Waals surface area (Å²) in [5.41, 5.74) is -2.76. The predicted octanol–water partition coefficient (Wildman–Crippen LogP) is 7.22. The van der Waals surface area contributed by atoms with E-state index in [4.69, 9.17) is 3.07 Å². The molecule has 0 aliphatic carbocycles. The fourth-order valence-corrected chi connectivity index (χ4v) is 17.0. The number of carbonyl (C=O) groups is 2. The van der Waals surface area contributed by atoms with Gasteiger partial charge in [0.05, 0.1) is 0 Å². The van der Waals surface area contributed by atoms with Gasteiger partial charge in [-0.2, -0.15) is 0 Å². The van der Waals surface area contributed by atoms with Crippen molar-refractivity contribution in [2.75, 3.05) is 5.32 Å². The molecular formula is C23H35F3N2O5Sn. The first-order chi connectivity index (χ1) is 16.0. The van der Waals surface area contributed by atoms with Crippen LogP contribution in [-0.2, 0) is 18.8 Å². The number of hydrogen-bond acceptors (Lipinski definition) is 5. The third kappa shape index (κ3) is 10.2. The number of anilines is 1. The minimum atomic E-state index is -4.95. The quantitative estimate of drug-likeness (QED) is 0.131. The maximum absolute atomic E-state index is 13.1. The van der Waals surface area contributed by atoms with Crippen molar-refractivity contribution in [1.82, 2.24) is 0 Å². The summed E-state index contributed by atoms with van der Waals surface area (Å²) < 4.78 is 48.4. The van der Waals surface area contributed by atoms with Crippen molar-refractivity contribution in [1.29, 1.82) is 0 Å². The van der Waals surface area contributed by atoms with Gasteiger partial charge >= 0.3 is 204 Å². The van der Waals surface area contributed by atoms with E-state index in [1.807, 2.05) is 0 Å². The van der Waals surface area contributed by atoms with Crippen LogP contribution in [0.5, 0.6) is 0 Å². The molecule has 0 heterocycles. The molecule has 1 N–H and O–H groups in total. The van der Waals surface area contributed by atoms with Crippen molar-refractivity contribution >= 4 is 42.0 Å². The van der Waals surface area contributed by atoms with Gasteiger partial charge in [-0.15, -0.1) is 0 Å². The summed E-state index contributed by atoms with van der Waals surface area (Å²) in [7, 11) is 0. The molecular weight excluding hydrogens is 560 g/mol. The summed E-state index contributed by atoms with van der Waals surface area (Å²) in [6.07, 6.45) is 0.752. The van der Waals surface area contributed by atoms with Crippen LogP contribution in [0.1, 0.15) is 77.7 Å². The summed E-state index contributed by atoms with van der Waals surface area (Å²) in [6, 6.07) is 2.26. The number of benzene rings is 1. The first kappa shape index (κ1) is 30.2. The van der Waals surface area contributed by atoms with E-state index >= 15 is 0 Å². The van der Waals surface area contributed by atoms with Gasteiger partial charge < -0.3 is 0 Å². The summed E-state index contributed by atoms with van der Waals surface area (Å²) in [4.78, 5) is 34.6. The first-order valence-electron chi connectivity index (χ1n) is 11.8. The van der Waals surface area contributed by atoms with Crippen LogP contribution in [0.15, 0.2) is 18.2 Å². The van der Waals surface area contributed by atoms with E-state index in [1.165, 1.54) is 0 Å². The second-order valence-corrected chi connectivity index (χ2v) is 20.1. The summed E-state index contributed by atoms with van der Waals surface area (Å²) in [5, 5.41) is 13.2. The number of hydrogen-bond donors (Lipinski definition) is 1. The third-order valence-corrected chi connectivity index (χ3v) is 18.3. The number of amides is 1. The van der Waals surface area contributed by atoms with Crippen molar-refractivity contribution in [3.63, 3.8) is 0 Å². The molecule has 1 amide bonds. The molecule has 11 heteroatoms. The molecule has 0 saturated heterocycles. The van der Waals surface area contributed by atoms with Gasteiger partial charge in [0.25, 0.3) is 0 Å². The molecule has 1 rings (SSSR count). The zero-order chi connectivity index (χ0) is 25.8. The van der Waals surface area contributed by atoms with Gasteiger partial charge in [-0.1, -0.05) is 0 Å². The maximum atomic E-state index is 13.1. The van der Waals surface area contributed by atoms with Crippen LogP contribution in [0.25, 0.3) is 0 Å². The van der Waals surface area contributed by atoms with Crippen LogP contribution in [-0.4, -0.2) is 35.6 Å². The Morgan fingerprint density at radius 1 is 1.00 bits per heavy atom. The number of rotatable bonds is 15. The van der Waals surface area contributed by atoms with Gasteiger partial charge in [0.15, 0.2) is 0 Å². The van der Waals surface area contributed by atoms with Gasteiger partial charge in [-0.05, 0) is 0 Å². The molecule has 0 atom stereocenters. The van der Waals surface area contributed by atoms with Gasteiger partial charge in [0.1, 0.15) is 0 Å². The molecule has 34 heavy (non-hydrogen) atoms. The number of nitrogens with zero attached hydrogens (tertiary/aromatic N) is 1. The van der Waals surface area contributed by atoms with Gasteiger partial charge in [-0.3, -0.25) is 0 Å². The van der Waals surface area contributed by atoms with Crippen molar-refractivity contribution < 1.29 is 30.8 Å². The number of nitro groups is 1. The second kappa shape index (κ2) is 14.5. The molecule has 0 radical (unpaired) electrons. The monoisotopic (exact) mass is 596 g/mol. The average Bonchev–Trinajstić information content (AvgIpc) is 2.77. The Labute approximate surface area is 203 Å². The molecule has 0 fully saturated rings. The summed E-state index contributed by atoms with van der Waals surface area (Å²) in [5.74, 6) is -1.08. The number of nitrogens with one attached hydrogen (secondary N) is 1. The molecule has 1 aromatic rings. The van der Waals surface area contributed by atoms with Gasteiger partial charge in [0.2, 0.25) is 0 Å². The summed E-state index contributed by atoms with van der Waals surface area (Å²) in [6.45, 7) is 6.31. The molecule has 0 bridgehead atoms. The van der Waals surface area contributed by atoms with Crippen LogP contribution < -0.4 is 5.32 Å². The fraction of sp³-hybridized carbons (Fsp3) is 0.652. The fourth-order valence-electron chi connectivity index (χ4n) is 3.76. The van der Waals surface area contributed by atoms with E-state index in [-0.39, 0.29) is 18.5 Å². The van der Waals surface area contributed by atoms with Crippen molar-refractivity contribution in [2.24, 2.45) is 0 Å². The van der Waals surface area contributed by atoms with Crippen LogP contribution in [0.2, 0.25) is 13.3 Å². The van der Waals surface area contributed by atoms with Crippen molar-refractivity contribution in [2.45, 2.75) is 91.6 Å². The number of halogens is 3. The third-order valence-electron chi connectivity index (χ3n) is 5.63. The Morgan fingerprint density at radius 2 is 1.53 bits per heavy atom. The number of alkyl halides is 3. The number of nitro benzene ring substituents is 1. The number of unbranched alkanes of at least 4 members (excludes halogenated alkanes) is 3. The normalized spacial score (nSPS) is 11.8. The van der Waals surface area contributed by atoms with E-state index in [0.29, 0.717) is 12.1 Å². The molecule has 192 valence electrons. The first-order valence-corrected chi connectivity index (χ1v) is 19.1. The van der Waals surface area contributed by atoms with Crippen LogP contribution in [0, 0.1) is 10.1 Å². The zero-order valence-corrected chi connectivity index (χ0v) is 23.0. The minimum absolute atomic E-state index is 0.159. The molecule has 0 unspecified atom stereocenters. The zero-order valence-electron chi connectivity index (χ0n) is 20.1. The van der Waals surface area contributed by atoms with E-state index in [0.717, 1.165) is 57.9 Å². The molecule has 0 spiro atoms. The standard InChI is InChI=1S/C11H9F3N2O5.3C4H9.Sn/c12-11(13,14)7-5-6(1-2-8(7)16(20)21)15-9(17)3-4-10(18)19;3*1-3-4-2;/h1-2,5H,3-4H2,(H,15,17)(H,18,19);3*1,3-4H2,2H3;/q;;;;+1/p-1. The molecule has 0 aromatic heterocycles. The van der Waals surface area contributed by atoms with E-state index in [1.54, 1.807) is 0 Å². The Kier molecular flexibility index (Phi) is 12.9. The Hall–Kier alpha value is -1.85. The number of carbonyl (C=O) groups excluding carboxylic acids is 2. The molecule has 0 aliphatic heterocycles. The molecule has 1 aromatic carbocycles. The Bertz CT molecular complexity index is 812. The second-order valence-electron chi connectivity index (χ2n) is 8.50. The molecule has 0 saturated carbocycles. The van der Waals surface area contributed by atoms with E-state index in [2.05, 4.69) is 26.1 Å². The Morgan fingerprint density at radius 3 is 1.97 bits per heavy atom. The van der Waals surface area contributed by atoms with E-state index in [9.17, 15) is 32.9 Å². The molecule has 7 nitrogen and oxygen atoms in total.